The van der Waals surface area contributed by atoms with E-state index >= 15 is 0 Å². The van der Waals surface area contributed by atoms with Crippen LogP contribution in [0.15, 0.2) is 12.1 Å². The molecule has 0 N–H and O–H groups in total. The van der Waals surface area contributed by atoms with Crippen LogP contribution in [0.25, 0.3) is 0 Å². The smallest absolute Gasteiger partial charge is 0.171 e. The van der Waals surface area contributed by atoms with Crippen molar-refractivity contribution in [2.75, 3.05) is 7.11 Å². The van der Waals surface area contributed by atoms with Gasteiger partial charge in [0.2, 0.25) is 0 Å². The predicted octanol–water partition coefficient (Wildman–Crippen LogP) is 5.26. The summed E-state index contributed by atoms with van der Waals surface area (Å²) in [4.78, 5) is 12.6. The number of benzene rings is 1. The van der Waals surface area contributed by atoms with E-state index < -0.39 is 9.04 Å². The average molecular weight is 351 g/mol. The summed E-state index contributed by atoms with van der Waals surface area (Å²) in [6.07, 6.45) is 3.72. The monoisotopic (exact) mass is 350 g/mol. The van der Waals surface area contributed by atoms with Crippen molar-refractivity contribution in [2.45, 2.75) is 78.5 Å². The molecule has 24 heavy (non-hydrogen) atoms. The van der Waals surface area contributed by atoms with Gasteiger partial charge in [0.25, 0.3) is 0 Å². The van der Waals surface area contributed by atoms with Crippen LogP contribution in [0.1, 0.15) is 74.9 Å². The highest BCUT2D eigenvalue weighted by atomic mass is 28.3. The SMILES string of the molecule is CCCCCC(=O)c1ccc(C(C)(C)C)c(CO[SiH](C)C)c1OC. The van der Waals surface area contributed by atoms with Crippen LogP contribution < -0.4 is 4.74 Å². The van der Waals surface area contributed by atoms with Gasteiger partial charge in [-0.1, -0.05) is 46.6 Å². The molecule has 1 aromatic rings. The molecule has 1 aromatic carbocycles. The minimum absolute atomic E-state index is 0.0195. The molecule has 0 heterocycles. The molecule has 0 spiro atoms. The number of unbranched alkanes of at least 4 members (excludes halogenated alkanes) is 2. The lowest BCUT2D eigenvalue weighted by Crippen LogP contribution is -2.19. The van der Waals surface area contributed by atoms with E-state index in [1.807, 2.05) is 6.07 Å². The van der Waals surface area contributed by atoms with Gasteiger partial charge in [-0.3, -0.25) is 4.79 Å². The van der Waals surface area contributed by atoms with Gasteiger partial charge in [-0.05, 0) is 36.6 Å². The molecule has 0 saturated carbocycles. The van der Waals surface area contributed by atoms with Crippen LogP contribution in [0.5, 0.6) is 5.75 Å². The van der Waals surface area contributed by atoms with E-state index in [9.17, 15) is 4.79 Å². The first-order valence-corrected chi connectivity index (χ1v) is 11.9. The summed E-state index contributed by atoms with van der Waals surface area (Å²) >= 11 is 0. The summed E-state index contributed by atoms with van der Waals surface area (Å²) < 4.78 is 11.7. The Hall–Kier alpha value is -1.13. The molecule has 0 aromatic heterocycles. The fourth-order valence-electron chi connectivity index (χ4n) is 2.85. The average Bonchev–Trinajstić information content (AvgIpc) is 2.50. The summed E-state index contributed by atoms with van der Waals surface area (Å²) in [6, 6.07) is 4.01. The second-order valence-corrected chi connectivity index (χ2v) is 10.1. The summed E-state index contributed by atoms with van der Waals surface area (Å²) in [5.41, 5.74) is 2.91. The van der Waals surface area contributed by atoms with Gasteiger partial charge in [0.1, 0.15) is 5.75 Å². The zero-order valence-electron chi connectivity index (χ0n) is 16.5. The third-order valence-electron chi connectivity index (χ3n) is 4.14. The van der Waals surface area contributed by atoms with E-state index in [0.717, 1.165) is 24.8 Å². The quantitative estimate of drug-likeness (QED) is 0.346. The van der Waals surface area contributed by atoms with Crippen LogP contribution in [0, 0.1) is 0 Å². The van der Waals surface area contributed by atoms with Crippen LogP contribution in [-0.4, -0.2) is 21.9 Å². The van der Waals surface area contributed by atoms with E-state index in [4.69, 9.17) is 9.16 Å². The van der Waals surface area contributed by atoms with E-state index in [1.165, 1.54) is 5.56 Å². The molecule has 3 nitrogen and oxygen atoms in total. The summed E-state index contributed by atoms with van der Waals surface area (Å²) in [7, 11) is 0.504. The van der Waals surface area contributed by atoms with Gasteiger partial charge < -0.3 is 9.16 Å². The number of Topliss-reactive ketones (excluding diaryl/α,β-unsaturated/α-hetero) is 1. The maximum absolute atomic E-state index is 12.6. The number of methoxy groups -OCH3 is 1. The normalized spacial score (nSPS) is 11.8. The maximum atomic E-state index is 12.6. The lowest BCUT2D eigenvalue weighted by molar-refractivity contribution is 0.0976. The van der Waals surface area contributed by atoms with Crippen LogP contribution >= 0.6 is 0 Å². The number of hydrogen-bond donors (Lipinski definition) is 0. The zero-order valence-corrected chi connectivity index (χ0v) is 17.6. The highest BCUT2D eigenvalue weighted by Crippen LogP contribution is 2.36. The Bertz CT molecular complexity index is 545. The van der Waals surface area contributed by atoms with Gasteiger partial charge in [0.05, 0.1) is 19.3 Å². The Kier molecular flexibility index (Phi) is 8.17. The Balaban J connectivity index is 3.27. The number of ether oxygens (including phenoxy) is 1. The molecule has 136 valence electrons. The van der Waals surface area contributed by atoms with Gasteiger partial charge >= 0.3 is 0 Å². The molecule has 0 unspecified atom stereocenters. The number of carbonyl (C=O) groups is 1. The topological polar surface area (TPSA) is 35.5 Å². The van der Waals surface area contributed by atoms with E-state index in [0.29, 0.717) is 24.3 Å². The number of rotatable bonds is 9. The van der Waals surface area contributed by atoms with Crippen molar-refractivity contribution in [1.29, 1.82) is 0 Å². The molecule has 0 saturated heterocycles. The second kappa shape index (κ2) is 9.38. The highest BCUT2D eigenvalue weighted by molar-refractivity contribution is 6.48. The molecule has 0 amide bonds. The minimum Gasteiger partial charge on any atom is -0.496 e. The van der Waals surface area contributed by atoms with Gasteiger partial charge in [-0.2, -0.15) is 0 Å². The van der Waals surface area contributed by atoms with Gasteiger partial charge in [-0.15, -0.1) is 0 Å². The first kappa shape index (κ1) is 20.9. The Labute approximate surface area is 149 Å². The minimum atomic E-state index is -1.15. The Morgan fingerprint density at radius 2 is 1.83 bits per heavy atom. The fraction of sp³-hybridized carbons (Fsp3) is 0.650. The molecule has 0 aliphatic rings. The van der Waals surface area contributed by atoms with E-state index in [2.05, 4.69) is 46.9 Å². The van der Waals surface area contributed by atoms with Crippen LogP contribution in [0.3, 0.4) is 0 Å². The summed E-state index contributed by atoms with van der Waals surface area (Å²) in [5, 5.41) is 0. The third kappa shape index (κ3) is 5.74. The highest BCUT2D eigenvalue weighted by Gasteiger charge is 2.25. The van der Waals surface area contributed by atoms with Crippen molar-refractivity contribution in [1.82, 2.24) is 0 Å². The molecule has 0 fully saturated rings. The van der Waals surface area contributed by atoms with Crippen LogP contribution in [-0.2, 0) is 16.4 Å². The fourth-order valence-corrected chi connectivity index (χ4v) is 3.35. The van der Waals surface area contributed by atoms with Crippen molar-refractivity contribution in [2.24, 2.45) is 0 Å². The van der Waals surface area contributed by atoms with Gasteiger partial charge in [-0.25, -0.2) is 0 Å². The van der Waals surface area contributed by atoms with Crippen molar-refractivity contribution in [3.63, 3.8) is 0 Å². The Morgan fingerprint density at radius 3 is 2.33 bits per heavy atom. The third-order valence-corrected chi connectivity index (χ3v) is 4.97. The molecule has 4 heteroatoms. The van der Waals surface area contributed by atoms with Crippen LogP contribution in [0.2, 0.25) is 13.1 Å². The standard InChI is InChI=1S/C20H34O3Si/c1-8-9-10-11-18(21)15-12-13-17(20(2,3)4)16(19(15)22-5)14-23-24(6)7/h12-13,24H,8-11,14H2,1-7H3. The molecule has 0 aliphatic carbocycles. The molecule has 1 rings (SSSR count). The molecule has 0 radical (unpaired) electrons. The van der Waals surface area contributed by atoms with Crippen molar-refractivity contribution < 1.29 is 14.0 Å². The molecular formula is C20H34O3Si. The number of ketones is 1. The summed E-state index contributed by atoms with van der Waals surface area (Å²) in [5.74, 6) is 0.877. The summed E-state index contributed by atoms with van der Waals surface area (Å²) in [6.45, 7) is 13.5. The van der Waals surface area contributed by atoms with Gasteiger partial charge in [0.15, 0.2) is 14.8 Å². The van der Waals surface area contributed by atoms with Crippen molar-refractivity contribution >= 4 is 14.8 Å². The number of carbonyl (C=O) groups excluding carboxylic acids is 1. The second-order valence-electron chi connectivity index (χ2n) is 7.66. The molecular weight excluding hydrogens is 316 g/mol. The number of hydrogen-bond acceptors (Lipinski definition) is 3. The van der Waals surface area contributed by atoms with Crippen LogP contribution in [0.4, 0.5) is 0 Å². The van der Waals surface area contributed by atoms with E-state index in [-0.39, 0.29) is 11.2 Å². The van der Waals surface area contributed by atoms with Crippen molar-refractivity contribution in [3.8, 4) is 5.75 Å². The first-order valence-electron chi connectivity index (χ1n) is 9.07. The zero-order chi connectivity index (χ0) is 18.3. The molecule has 0 bridgehead atoms. The predicted molar refractivity (Wildman–Crippen MR) is 104 cm³/mol. The molecule has 0 atom stereocenters. The maximum Gasteiger partial charge on any atom is 0.171 e. The first-order chi connectivity index (χ1) is 11.2. The Morgan fingerprint density at radius 1 is 1.17 bits per heavy atom. The van der Waals surface area contributed by atoms with Gasteiger partial charge in [0, 0.05) is 12.0 Å². The van der Waals surface area contributed by atoms with E-state index in [1.54, 1.807) is 7.11 Å². The van der Waals surface area contributed by atoms with Crippen molar-refractivity contribution in [3.05, 3.63) is 28.8 Å². The molecule has 0 aliphatic heterocycles. The lowest BCUT2D eigenvalue weighted by Gasteiger charge is -2.26. The lowest BCUT2D eigenvalue weighted by atomic mass is 9.82. The largest absolute Gasteiger partial charge is 0.496 e.